The van der Waals surface area contributed by atoms with Crippen molar-refractivity contribution >= 4 is 35.3 Å². The summed E-state index contributed by atoms with van der Waals surface area (Å²) in [6, 6.07) is 8.82. The molecule has 0 radical (unpaired) electrons. The molecule has 4 aromatic rings. The number of isocyanates is 1. The molecule has 0 aliphatic rings. The molecular weight excluding hydrogens is 669 g/mol. The summed E-state index contributed by atoms with van der Waals surface area (Å²) < 4.78 is 88.7. The van der Waals surface area contributed by atoms with Gasteiger partial charge >= 0.3 is 18.4 Å². The number of nitrogens with one attached hydrogen (secondary N) is 2. The van der Waals surface area contributed by atoms with Crippen molar-refractivity contribution in [3.63, 3.8) is 0 Å². The zero-order valence-electron chi connectivity index (χ0n) is 24.5. The molecule has 10 nitrogen and oxygen atoms in total. The van der Waals surface area contributed by atoms with Gasteiger partial charge in [0.2, 0.25) is 17.8 Å². The first-order chi connectivity index (χ1) is 21.5. The molecule has 1 amide bonds. The molecule has 248 valence electrons. The molecule has 0 fully saturated rings. The van der Waals surface area contributed by atoms with Gasteiger partial charge in [-0.2, -0.15) is 31.0 Å². The quantitative estimate of drug-likeness (QED) is 0.118. The van der Waals surface area contributed by atoms with Gasteiger partial charge in [-0.05, 0) is 64.1 Å². The SMILES string of the molecule is CCN=C=O.CCNC(=O)n1nc(Oc2ccc(Cl)cc2C(F)(F)F)cc1C.Cc1cc(Oc2ccc(Cl)cc2C(F)(F)F)n[nH]1. The minimum absolute atomic E-state index is 0.00659. The second kappa shape index (κ2) is 16.7. The monoisotopic (exact) mass is 694 g/mol. The number of hydrogen-bond donors (Lipinski definition) is 2. The number of aliphatic imine (C=N–C) groups is 1. The second-order valence-electron chi connectivity index (χ2n) is 8.81. The van der Waals surface area contributed by atoms with Crippen LogP contribution in [0.15, 0.2) is 53.5 Å². The van der Waals surface area contributed by atoms with Gasteiger partial charge in [-0.25, -0.2) is 14.6 Å². The predicted octanol–water partition coefficient (Wildman–Crippen LogP) is 8.76. The van der Waals surface area contributed by atoms with Crippen LogP contribution in [-0.4, -0.2) is 45.2 Å². The largest absolute Gasteiger partial charge is 0.437 e. The molecule has 4 rings (SSSR count). The Labute approximate surface area is 268 Å². The Kier molecular flexibility index (Phi) is 13.7. The third-order valence-electron chi connectivity index (χ3n) is 5.21. The van der Waals surface area contributed by atoms with Crippen molar-refractivity contribution in [2.24, 2.45) is 4.99 Å². The highest BCUT2D eigenvalue weighted by atomic mass is 35.5. The Morgan fingerprint density at radius 2 is 1.43 bits per heavy atom. The van der Waals surface area contributed by atoms with Crippen LogP contribution in [0.3, 0.4) is 0 Å². The van der Waals surface area contributed by atoms with Crippen LogP contribution in [0.1, 0.15) is 36.4 Å². The lowest BCUT2D eigenvalue weighted by Crippen LogP contribution is -2.29. The number of ether oxygens (including phenoxy) is 2. The summed E-state index contributed by atoms with van der Waals surface area (Å²) in [5, 5.41) is 12.6. The molecule has 2 aromatic carbocycles. The minimum Gasteiger partial charge on any atom is -0.437 e. The average molecular weight is 695 g/mol. The molecule has 2 aromatic heterocycles. The normalized spacial score (nSPS) is 10.9. The molecule has 18 heteroatoms. The van der Waals surface area contributed by atoms with Crippen molar-refractivity contribution in [2.45, 2.75) is 40.0 Å². The van der Waals surface area contributed by atoms with E-state index >= 15 is 0 Å². The van der Waals surface area contributed by atoms with Gasteiger partial charge in [0, 0.05) is 41.0 Å². The molecule has 0 bridgehead atoms. The van der Waals surface area contributed by atoms with Gasteiger partial charge in [-0.15, -0.1) is 10.2 Å². The third kappa shape index (κ3) is 11.4. The van der Waals surface area contributed by atoms with Crippen molar-refractivity contribution in [3.8, 4) is 23.3 Å². The number of halogens is 8. The number of aromatic amines is 1. The van der Waals surface area contributed by atoms with Crippen molar-refractivity contribution in [1.82, 2.24) is 25.3 Å². The highest BCUT2D eigenvalue weighted by Gasteiger charge is 2.36. The number of rotatable bonds is 6. The minimum atomic E-state index is -4.63. The summed E-state index contributed by atoms with van der Waals surface area (Å²) in [6.45, 7) is 7.75. The van der Waals surface area contributed by atoms with Gasteiger partial charge in [0.1, 0.15) is 11.5 Å². The van der Waals surface area contributed by atoms with Gasteiger partial charge in [0.15, 0.2) is 0 Å². The van der Waals surface area contributed by atoms with Crippen molar-refractivity contribution < 1.29 is 45.4 Å². The lowest BCUT2D eigenvalue weighted by molar-refractivity contribution is -0.139. The van der Waals surface area contributed by atoms with Crippen LogP contribution in [0.5, 0.6) is 23.3 Å². The third-order valence-corrected chi connectivity index (χ3v) is 5.68. The number of aromatic nitrogens is 4. The van der Waals surface area contributed by atoms with Gasteiger partial charge in [-0.3, -0.25) is 5.10 Å². The van der Waals surface area contributed by atoms with E-state index < -0.39 is 35.3 Å². The number of aryl methyl sites for hydroxylation is 2. The van der Waals surface area contributed by atoms with E-state index in [2.05, 4.69) is 25.6 Å². The second-order valence-corrected chi connectivity index (χ2v) is 9.68. The molecule has 0 aliphatic carbocycles. The number of amides is 1. The molecule has 0 aliphatic heterocycles. The van der Waals surface area contributed by atoms with E-state index in [1.165, 1.54) is 30.3 Å². The molecule has 0 unspecified atom stereocenters. The van der Waals surface area contributed by atoms with Crippen molar-refractivity contribution in [3.05, 3.63) is 81.1 Å². The Hall–Kier alpha value is -4.53. The Morgan fingerprint density at radius 3 is 1.83 bits per heavy atom. The number of benzene rings is 2. The van der Waals surface area contributed by atoms with Crippen LogP contribution >= 0.6 is 23.2 Å². The van der Waals surface area contributed by atoms with Gasteiger partial charge in [-0.1, -0.05) is 23.2 Å². The summed E-state index contributed by atoms with van der Waals surface area (Å²) >= 11 is 11.2. The Balaban J connectivity index is 0.000000285. The smallest absolute Gasteiger partial charge is 0.420 e. The highest BCUT2D eigenvalue weighted by molar-refractivity contribution is 6.31. The van der Waals surface area contributed by atoms with Crippen LogP contribution in [0, 0.1) is 13.8 Å². The first-order valence-electron chi connectivity index (χ1n) is 13.0. The maximum Gasteiger partial charge on any atom is 0.420 e. The highest BCUT2D eigenvalue weighted by Crippen LogP contribution is 2.40. The summed E-state index contributed by atoms with van der Waals surface area (Å²) in [5.41, 5.74) is -0.841. The fourth-order valence-corrected chi connectivity index (χ4v) is 3.63. The van der Waals surface area contributed by atoms with Gasteiger partial charge in [0.25, 0.3) is 0 Å². The molecule has 2 heterocycles. The zero-order valence-corrected chi connectivity index (χ0v) is 26.0. The topological polar surface area (TPSA) is 123 Å². The van der Waals surface area contributed by atoms with Crippen LogP contribution < -0.4 is 14.8 Å². The lowest BCUT2D eigenvalue weighted by Gasteiger charge is -2.12. The van der Waals surface area contributed by atoms with E-state index in [-0.39, 0.29) is 27.6 Å². The molecule has 0 atom stereocenters. The Bertz CT molecular complexity index is 1670. The van der Waals surface area contributed by atoms with Crippen LogP contribution in [0.4, 0.5) is 31.1 Å². The summed E-state index contributed by atoms with van der Waals surface area (Å²) in [4.78, 5) is 24.0. The molecule has 0 saturated carbocycles. The molecule has 0 spiro atoms. The first-order valence-corrected chi connectivity index (χ1v) is 13.7. The van der Waals surface area contributed by atoms with Crippen molar-refractivity contribution in [2.75, 3.05) is 13.1 Å². The van der Waals surface area contributed by atoms with Crippen LogP contribution in [0.2, 0.25) is 10.0 Å². The summed E-state index contributed by atoms with van der Waals surface area (Å²) in [5.74, 6) is -0.831. The summed E-state index contributed by atoms with van der Waals surface area (Å²) in [7, 11) is 0. The predicted molar refractivity (Wildman–Crippen MR) is 156 cm³/mol. The van der Waals surface area contributed by atoms with Crippen LogP contribution in [0.25, 0.3) is 0 Å². The number of carbonyl (C=O) groups excluding carboxylic acids is 2. The maximum absolute atomic E-state index is 13.0. The van der Waals surface area contributed by atoms with E-state index in [0.29, 0.717) is 24.5 Å². The fourth-order valence-electron chi connectivity index (χ4n) is 3.29. The molecule has 2 N–H and O–H groups in total. The number of H-pyrrole nitrogens is 1. The van der Waals surface area contributed by atoms with E-state index in [0.717, 1.165) is 28.9 Å². The number of nitrogens with zero attached hydrogens (tertiary/aromatic N) is 4. The van der Waals surface area contributed by atoms with E-state index in [9.17, 15) is 31.1 Å². The number of hydrogen-bond acceptors (Lipinski definition) is 7. The lowest BCUT2D eigenvalue weighted by atomic mass is 10.2. The fraction of sp³-hybridized carbons (Fsp3) is 0.286. The molecule has 0 saturated heterocycles. The standard InChI is InChI=1S/C14H13ClF3N3O2.C11H8ClF3N2O.C3H5NO/c1-3-19-13(22)21-8(2)6-12(20-21)23-11-5-4-9(15)7-10(11)14(16,17)18;1-6-4-10(17-16-6)18-9-3-2-7(12)5-8(9)11(13,14)15;1-2-4-3-5/h4-7H,3H2,1-2H3,(H,19,22);2-5H,1H3,(H,16,17);2H2,1H3. The van der Waals surface area contributed by atoms with Gasteiger partial charge in [0.05, 0.1) is 16.8 Å². The maximum atomic E-state index is 13.0. The van der Waals surface area contributed by atoms with Crippen molar-refractivity contribution in [1.29, 1.82) is 0 Å². The average Bonchev–Trinajstić information content (AvgIpc) is 3.55. The zero-order chi connectivity index (χ0) is 34.7. The number of carbonyl (C=O) groups is 1. The first kappa shape index (κ1) is 37.7. The van der Waals surface area contributed by atoms with E-state index in [1.807, 2.05) is 0 Å². The molecule has 46 heavy (non-hydrogen) atoms. The van der Waals surface area contributed by atoms with E-state index in [4.69, 9.17) is 37.5 Å². The van der Waals surface area contributed by atoms with E-state index in [1.54, 1.807) is 27.7 Å². The Morgan fingerprint density at radius 1 is 0.913 bits per heavy atom. The summed E-state index contributed by atoms with van der Waals surface area (Å²) in [6.07, 6.45) is -7.77. The van der Waals surface area contributed by atoms with Gasteiger partial charge < -0.3 is 14.8 Å². The number of alkyl halides is 6. The van der Waals surface area contributed by atoms with Crippen LogP contribution in [-0.2, 0) is 17.1 Å². The molecular formula is C28H26Cl2F6N6O4.